The summed E-state index contributed by atoms with van der Waals surface area (Å²) in [5.41, 5.74) is 0. The van der Waals surface area contributed by atoms with Crippen LogP contribution in [-0.2, 0) is 9.53 Å². The van der Waals surface area contributed by atoms with E-state index in [0.29, 0.717) is 19.4 Å². The molecule has 0 spiro atoms. The number of likely N-dealkylation sites (tertiary alicyclic amines) is 1. The van der Waals surface area contributed by atoms with Crippen molar-refractivity contribution in [3.05, 3.63) is 0 Å². The molecule has 102 valence electrons. The van der Waals surface area contributed by atoms with Gasteiger partial charge in [-0.15, -0.1) is 0 Å². The van der Waals surface area contributed by atoms with Crippen LogP contribution in [0.25, 0.3) is 0 Å². The van der Waals surface area contributed by atoms with Crippen LogP contribution in [-0.4, -0.2) is 54.6 Å². The first-order chi connectivity index (χ1) is 8.56. The SMILES string of the molecule is CC1CCN(C(=O)CCC2CN(C)C(=O)O2)CC1. The Kier molecular flexibility index (Phi) is 4.09. The highest BCUT2D eigenvalue weighted by Gasteiger charge is 2.29. The van der Waals surface area contributed by atoms with Gasteiger partial charge in [0.25, 0.3) is 0 Å². The number of hydrogen-bond donors (Lipinski definition) is 0. The van der Waals surface area contributed by atoms with E-state index in [1.54, 1.807) is 11.9 Å². The second-order valence-corrected chi connectivity index (χ2v) is 5.49. The summed E-state index contributed by atoms with van der Waals surface area (Å²) < 4.78 is 5.14. The van der Waals surface area contributed by atoms with E-state index in [2.05, 4.69) is 6.92 Å². The Morgan fingerprint density at radius 3 is 2.61 bits per heavy atom. The molecule has 0 aromatic carbocycles. The van der Waals surface area contributed by atoms with Crippen LogP contribution in [0.2, 0.25) is 0 Å². The standard InChI is InChI=1S/C13H22N2O3/c1-10-5-7-15(8-6-10)12(16)4-3-11-9-14(2)13(17)18-11/h10-11H,3-9H2,1-2H3. The van der Waals surface area contributed by atoms with E-state index in [4.69, 9.17) is 4.74 Å². The van der Waals surface area contributed by atoms with Crippen molar-refractivity contribution in [2.75, 3.05) is 26.7 Å². The fraction of sp³-hybridized carbons (Fsp3) is 0.846. The number of hydrogen-bond acceptors (Lipinski definition) is 3. The first-order valence-electron chi connectivity index (χ1n) is 6.76. The average Bonchev–Trinajstić information content (AvgIpc) is 2.67. The topological polar surface area (TPSA) is 49.9 Å². The summed E-state index contributed by atoms with van der Waals surface area (Å²) in [5.74, 6) is 0.936. The van der Waals surface area contributed by atoms with Crippen LogP contribution in [0.4, 0.5) is 4.79 Å². The van der Waals surface area contributed by atoms with Gasteiger partial charge in [0.15, 0.2) is 0 Å². The van der Waals surface area contributed by atoms with Crippen LogP contribution in [0.5, 0.6) is 0 Å². The molecule has 5 heteroatoms. The Morgan fingerprint density at radius 2 is 2.06 bits per heavy atom. The molecule has 0 aliphatic carbocycles. The molecule has 0 radical (unpaired) electrons. The maximum absolute atomic E-state index is 12.0. The minimum atomic E-state index is -0.278. The van der Waals surface area contributed by atoms with Gasteiger partial charge in [0, 0.05) is 26.6 Å². The highest BCUT2D eigenvalue weighted by atomic mass is 16.6. The summed E-state index contributed by atoms with van der Waals surface area (Å²) in [4.78, 5) is 26.7. The first kappa shape index (κ1) is 13.2. The van der Waals surface area contributed by atoms with Crippen molar-refractivity contribution in [2.24, 2.45) is 5.92 Å². The van der Waals surface area contributed by atoms with E-state index in [1.807, 2.05) is 4.90 Å². The van der Waals surface area contributed by atoms with Crippen molar-refractivity contribution in [1.29, 1.82) is 0 Å². The summed E-state index contributed by atoms with van der Waals surface area (Å²) in [7, 11) is 1.72. The summed E-state index contributed by atoms with van der Waals surface area (Å²) >= 11 is 0. The van der Waals surface area contributed by atoms with E-state index < -0.39 is 0 Å². The minimum absolute atomic E-state index is 0.116. The van der Waals surface area contributed by atoms with Crippen molar-refractivity contribution in [3.63, 3.8) is 0 Å². The lowest BCUT2D eigenvalue weighted by atomic mass is 9.99. The highest BCUT2D eigenvalue weighted by Crippen LogP contribution is 2.19. The Bertz CT molecular complexity index is 324. The quantitative estimate of drug-likeness (QED) is 0.766. The van der Waals surface area contributed by atoms with Gasteiger partial charge >= 0.3 is 6.09 Å². The normalized spacial score (nSPS) is 25.4. The van der Waals surface area contributed by atoms with Gasteiger partial charge in [0.1, 0.15) is 6.10 Å². The molecule has 2 aliphatic rings. The van der Waals surface area contributed by atoms with Crippen molar-refractivity contribution in [1.82, 2.24) is 9.80 Å². The molecule has 0 saturated carbocycles. The molecule has 2 amide bonds. The third-order valence-electron chi connectivity index (χ3n) is 3.87. The second kappa shape index (κ2) is 5.59. The molecule has 1 atom stereocenters. The number of amides is 2. The molecular formula is C13H22N2O3. The number of ether oxygens (including phenoxy) is 1. The van der Waals surface area contributed by atoms with Crippen molar-refractivity contribution >= 4 is 12.0 Å². The highest BCUT2D eigenvalue weighted by molar-refractivity contribution is 5.76. The molecule has 0 aromatic heterocycles. The maximum Gasteiger partial charge on any atom is 0.409 e. The second-order valence-electron chi connectivity index (χ2n) is 5.49. The van der Waals surface area contributed by atoms with Crippen LogP contribution in [0.15, 0.2) is 0 Å². The largest absolute Gasteiger partial charge is 0.444 e. The number of cyclic esters (lactones) is 1. The van der Waals surface area contributed by atoms with E-state index in [-0.39, 0.29) is 18.1 Å². The fourth-order valence-electron chi connectivity index (χ4n) is 2.50. The summed E-state index contributed by atoms with van der Waals surface area (Å²) in [6, 6.07) is 0. The van der Waals surface area contributed by atoms with Crippen LogP contribution in [0.3, 0.4) is 0 Å². The van der Waals surface area contributed by atoms with E-state index in [9.17, 15) is 9.59 Å². The number of nitrogens with zero attached hydrogens (tertiary/aromatic N) is 2. The molecule has 2 fully saturated rings. The Morgan fingerprint density at radius 1 is 1.39 bits per heavy atom. The van der Waals surface area contributed by atoms with Crippen LogP contribution < -0.4 is 0 Å². The van der Waals surface area contributed by atoms with Crippen molar-refractivity contribution < 1.29 is 14.3 Å². The summed E-state index contributed by atoms with van der Waals surface area (Å²) in [6.45, 7) is 4.59. The molecule has 0 aromatic rings. The fourth-order valence-corrected chi connectivity index (χ4v) is 2.50. The first-order valence-corrected chi connectivity index (χ1v) is 6.76. The lowest BCUT2D eigenvalue weighted by Crippen LogP contribution is -2.38. The van der Waals surface area contributed by atoms with Crippen LogP contribution in [0.1, 0.15) is 32.6 Å². The number of rotatable bonds is 3. The van der Waals surface area contributed by atoms with Gasteiger partial charge in [-0.2, -0.15) is 0 Å². The predicted octanol–water partition coefficient (Wildman–Crippen LogP) is 1.48. The Balaban J connectivity index is 1.70. The van der Waals surface area contributed by atoms with E-state index in [0.717, 1.165) is 31.8 Å². The van der Waals surface area contributed by atoms with Gasteiger partial charge in [-0.05, 0) is 25.2 Å². The zero-order valence-electron chi connectivity index (χ0n) is 11.2. The lowest BCUT2D eigenvalue weighted by molar-refractivity contribution is -0.133. The lowest BCUT2D eigenvalue weighted by Gasteiger charge is -2.30. The zero-order chi connectivity index (χ0) is 13.1. The smallest absolute Gasteiger partial charge is 0.409 e. The van der Waals surface area contributed by atoms with Gasteiger partial charge in [-0.25, -0.2) is 4.79 Å². The van der Waals surface area contributed by atoms with Crippen LogP contribution in [0, 0.1) is 5.92 Å². The predicted molar refractivity (Wildman–Crippen MR) is 67.1 cm³/mol. The number of likely N-dealkylation sites (N-methyl/N-ethyl adjacent to an activating group) is 1. The molecule has 18 heavy (non-hydrogen) atoms. The Labute approximate surface area is 108 Å². The molecule has 0 N–H and O–H groups in total. The monoisotopic (exact) mass is 254 g/mol. The van der Waals surface area contributed by atoms with Gasteiger partial charge in [0.2, 0.25) is 5.91 Å². The van der Waals surface area contributed by atoms with E-state index in [1.165, 1.54) is 0 Å². The molecule has 1 unspecified atom stereocenters. The summed E-state index contributed by atoms with van der Waals surface area (Å²) in [5, 5.41) is 0. The third-order valence-corrected chi connectivity index (χ3v) is 3.87. The van der Waals surface area contributed by atoms with Crippen LogP contribution >= 0.6 is 0 Å². The number of carbonyl (C=O) groups excluding carboxylic acids is 2. The molecule has 5 nitrogen and oxygen atoms in total. The minimum Gasteiger partial charge on any atom is -0.444 e. The van der Waals surface area contributed by atoms with E-state index >= 15 is 0 Å². The van der Waals surface area contributed by atoms with Crippen molar-refractivity contribution in [2.45, 2.75) is 38.7 Å². The third kappa shape index (κ3) is 3.15. The molecular weight excluding hydrogens is 232 g/mol. The van der Waals surface area contributed by atoms with Gasteiger partial charge in [-0.3, -0.25) is 4.79 Å². The molecule has 2 aliphatic heterocycles. The van der Waals surface area contributed by atoms with Gasteiger partial charge in [-0.1, -0.05) is 6.92 Å². The molecule has 2 saturated heterocycles. The summed E-state index contributed by atoms with van der Waals surface area (Å²) in [6.07, 6.45) is 2.94. The molecule has 2 heterocycles. The number of piperidine rings is 1. The molecule has 0 bridgehead atoms. The average molecular weight is 254 g/mol. The Hall–Kier alpha value is -1.26. The van der Waals surface area contributed by atoms with Gasteiger partial charge < -0.3 is 14.5 Å². The maximum atomic E-state index is 12.0. The number of carbonyl (C=O) groups is 2. The zero-order valence-corrected chi connectivity index (χ0v) is 11.2. The molecule has 2 rings (SSSR count). The van der Waals surface area contributed by atoms with Gasteiger partial charge in [0.05, 0.1) is 6.54 Å². The van der Waals surface area contributed by atoms with Crippen molar-refractivity contribution in [3.8, 4) is 0 Å².